The Labute approximate surface area is 187 Å². The molecule has 32 heavy (non-hydrogen) atoms. The molecule has 0 aliphatic carbocycles. The number of carbonyl (C=O) groups is 2. The van der Waals surface area contributed by atoms with Crippen LogP contribution in [0.5, 0.6) is 11.5 Å². The van der Waals surface area contributed by atoms with Gasteiger partial charge in [0, 0.05) is 23.2 Å². The zero-order chi connectivity index (χ0) is 23.3. The van der Waals surface area contributed by atoms with Crippen LogP contribution in [-0.2, 0) is 4.79 Å². The Bertz CT molecular complexity index is 1090. The summed E-state index contributed by atoms with van der Waals surface area (Å²) in [7, 11) is 2.98. The summed E-state index contributed by atoms with van der Waals surface area (Å²) in [6, 6.07) is 10.6. The van der Waals surface area contributed by atoms with Crippen molar-refractivity contribution in [3.05, 3.63) is 48.2 Å². The highest BCUT2D eigenvalue weighted by Gasteiger charge is 2.20. The fourth-order valence-electron chi connectivity index (χ4n) is 3.87. The van der Waals surface area contributed by atoms with Gasteiger partial charge in [-0.25, -0.2) is 4.79 Å². The maximum atomic E-state index is 12.8. The number of nitrogens with one attached hydrogen (secondary N) is 1. The summed E-state index contributed by atoms with van der Waals surface area (Å²) in [6.07, 6.45) is 5.64. The van der Waals surface area contributed by atoms with Crippen LogP contribution in [0, 0.1) is 5.92 Å². The maximum Gasteiger partial charge on any atom is 0.335 e. The van der Waals surface area contributed by atoms with Gasteiger partial charge in [-0.1, -0.05) is 32.8 Å². The normalized spacial score (nSPS) is 11.9. The molecule has 0 aliphatic rings. The molecule has 1 atom stereocenters. The minimum Gasteiger partial charge on any atom is -0.494 e. The molecule has 0 saturated heterocycles. The smallest absolute Gasteiger partial charge is 0.335 e. The Morgan fingerprint density at radius 2 is 1.75 bits per heavy atom. The number of fused-ring (bicyclic) bond motifs is 1. The molecule has 1 amide bonds. The molecule has 0 fully saturated rings. The van der Waals surface area contributed by atoms with Crippen LogP contribution in [0.4, 0.5) is 5.69 Å². The molecular formula is C25H30N2O5. The van der Waals surface area contributed by atoms with Crippen molar-refractivity contribution in [1.82, 2.24) is 4.57 Å². The van der Waals surface area contributed by atoms with E-state index in [2.05, 4.69) is 12.2 Å². The van der Waals surface area contributed by atoms with Crippen molar-refractivity contribution in [3.63, 3.8) is 0 Å². The number of unbranched alkanes of at least 4 members (excludes halogenated alkanes) is 1. The zero-order valence-electron chi connectivity index (χ0n) is 19.0. The van der Waals surface area contributed by atoms with Crippen LogP contribution in [0.25, 0.3) is 16.6 Å². The van der Waals surface area contributed by atoms with Crippen molar-refractivity contribution < 1.29 is 24.2 Å². The van der Waals surface area contributed by atoms with E-state index in [0.717, 1.165) is 36.6 Å². The van der Waals surface area contributed by atoms with E-state index < -0.39 is 5.97 Å². The lowest BCUT2D eigenvalue weighted by atomic mass is 9.98. The molecule has 0 aliphatic heterocycles. The molecule has 1 aromatic heterocycles. The van der Waals surface area contributed by atoms with E-state index in [1.807, 2.05) is 42.0 Å². The number of ether oxygens (including phenoxy) is 2. The summed E-state index contributed by atoms with van der Waals surface area (Å²) in [5, 5.41) is 13.4. The predicted octanol–water partition coefficient (Wildman–Crippen LogP) is 5.50. The number of carboxylic acid groups (broad SMARTS) is 1. The summed E-state index contributed by atoms with van der Waals surface area (Å²) in [6.45, 7) is 4.16. The Balaban J connectivity index is 2.03. The average Bonchev–Trinajstić information content (AvgIpc) is 3.21. The second kappa shape index (κ2) is 10.2. The van der Waals surface area contributed by atoms with E-state index in [1.54, 1.807) is 0 Å². The summed E-state index contributed by atoms with van der Waals surface area (Å²) in [5.74, 6) is -0.303. The minimum absolute atomic E-state index is 0.0128. The van der Waals surface area contributed by atoms with Crippen LogP contribution >= 0.6 is 0 Å². The topological polar surface area (TPSA) is 89.8 Å². The first-order valence-corrected chi connectivity index (χ1v) is 10.8. The first kappa shape index (κ1) is 23.2. The molecular weight excluding hydrogens is 408 g/mol. The number of aromatic carboxylic acids is 1. The molecule has 3 aromatic rings. The molecule has 7 heteroatoms. The second-order valence-electron chi connectivity index (χ2n) is 7.73. The number of hydrogen-bond acceptors (Lipinski definition) is 4. The highest BCUT2D eigenvalue weighted by molar-refractivity contribution is 5.96. The Kier molecular flexibility index (Phi) is 7.41. The molecule has 2 N–H and O–H groups in total. The minimum atomic E-state index is -1.07. The summed E-state index contributed by atoms with van der Waals surface area (Å²) >= 11 is 0. The van der Waals surface area contributed by atoms with Gasteiger partial charge in [-0.15, -0.1) is 0 Å². The molecule has 0 radical (unpaired) electrons. The van der Waals surface area contributed by atoms with Gasteiger partial charge in [-0.3, -0.25) is 4.79 Å². The molecule has 1 heterocycles. The Morgan fingerprint density at radius 1 is 1.06 bits per heavy atom. The zero-order valence-corrected chi connectivity index (χ0v) is 19.0. The number of carbonyl (C=O) groups excluding carboxylic acids is 1. The molecule has 2 aromatic carbocycles. The molecule has 7 nitrogen and oxygen atoms in total. The largest absolute Gasteiger partial charge is 0.494 e. The molecule has 0 saturated carbocycles. The number of benzene rings is 2. The van der Waals surface area contributed by atoms with Crippen molar-refractivity contribution in [3.8, 4) is 17.2 Å². The van der Waals surface area contributed by atoms with Crippen molar-refractivity contribution in [2.75, 3.05) is 19.5 Å². The van der Waals surface area contributed by atoms with Gasteiger partial charge in [-0.05, 0) is 43.2 Å². The van der Waals surface area contributed by atoms with Gasteiger partial charge < -0.3 is 24.5 Å². The number of anilines is 1. The van der Waals surface area contributed by atoms with Gasteiger partial charge >= 0.3 is 5.97 Å². The third-order valence-corrected chi connectivity index (χ3v) is 5.70. The van der Waals surface area contributed by atoms with Gasteiger partial charge in [0.05, 0.1) is 25.3 Å². The number of amides is 1. The maximum absolute atomic E-state index is 12.8. The highest BCUT2D eigenvalue weighted by atomic mass is 16.5. The van der Waals surface area contributed by atoms with E-state index in [4.69, 9.17) is 9.47 Å². The molecule has 1 unspecified atom stereocenters. The van der Waals surface area contributed by atoms with Crippen LogP contribution in [0.15, 0.2) is 42.6 Å². The van der Waals surface area contributed by atoms with E-state index in [-0.39, 0.29) is 17.4 Å². The van der Waals surface area contributed by atoms with Gasteiger partial charge in [0.15, 0.2) is 0 Å². The number of hydrogen-bond donors (Lipinski definition) is 2. The van der Waals surface area contributed by atoms with Crippen molar-refractivity contribution in [1.29, 1.82) is 0 Å². The van der Waals surface area contributed by atoms with Crippen molar-refractivity contribution >= 4 is 28.5 Å². The van der Waals surface area contributed by atoms with Crippen LogP contribution in [0.3, 0.4) is 0 Å². The van der Waals surface area contributed by atoms with Crippen LogP contribution in [0.1, 0.15) is 49.9 Å². The van der Waals surface area contributed by atoms with Crippen molar-refractivity contribution in [2.24, 2.45) is 5.92 Å². The standard InChI is InChI=1S/C25H30N2O5/c1-5-7-8-16(6-2)24(28)26-19-10-9-17-11-12-27(20(17)15-19)23-21(31-3)13-18(25(29)30)14-22(23)32-4/h9-16H,5-8H2,1-4H3,(H,26,28)(H,29,30). The van der Waals surface area contributed by atoms with Crippen molar-refractivity contribution in [2.45, 2.75) is 39.5 Å². The molecule has 0 bridgehead atoms. The second-order valence-corrected chi connectivity index (χ2v) is 7.73. The Hall–Kier alpha value is -3.48. The molecule has 170 valence electrons. The van der Waals surface area contributed by atoms with Gasteiger partial charge in [-0.2, -0.15) is 0 Å². The first-order chi connectivity index (χ1) is 15.4. The van der Waals surface area contributed by atoms with Gasteiger partial charge in [0.1, 0.15) is 17.2 Å². The number of carboxylic acids is 1. The van der Waals surface area contributed by atoms with Crippen LogP contribution < -0.4 is 14.8 Å². The fraction of sp³-hybridized carbons (Fsp3) is 0.360. The number of rotatable bonds is 10. The van der Waals surface area contributed by atoms with Gasteiger partial charge in [0.2, 0.25) is 5.91 Å². The lowest BCUT2D eigenvalue weighted by molar-refractivity contribution is -0.120. The molecule has 3 rings (SSSR count). The fourth-order valence-corrected chi connectivity index (χ4v) is 3.87. The van der Waals surface area contributed by atoms with E-state index in [0.29, 0.717) is 22.9 Å². The quantitative estimate of drug-likeness (QED) is 0.436. The number of methoxy groups -OCH3 is 2. The predicted molar refractivity (Wildman–Crippen MR) is 125 cm³/mol. The first-order valence-electron chi connectivity index (χ1n) is 10.8. The highest BCUT2D eigenvalue weighted by Crippen LogP contribution is 2.37. The van der Waals surface area contributed by atoms with Crippen LogP contribution in [0.2, 0.25) is 0 Å². The van der Waals surface area contributed by atoms with Gasteiger partial charge in [0.25, 0.3) is 0 Å². The van der Waals surface area contributed by atoms with Crippen LogP contribution in [-0.4, -0.2) is 35.8 Å². The molecule has 0 spiro atoms. The number of aromatic nitrogens is 1. The lowest BCUT2D eigenvalue weighted by Crippen LogP contribution is -2.22. The Morgan fingerprint density at radius 3 is 2.31 bits per heavy atom. The summed E-state index contributed by atoms with van der Waals surface area (Å²) in [5.41, 5.74) is 2.21. The summed E-state index contributed by atoms with van der Waals surface area (Å²) in [4.78, 5) is 24.2. The van der Waals surface area contributed by atoms with E-state index in [1.165, 1.54) is 26.4 Å². The number of nitrogens with zero attached hydrogens (tertiary/aromatic N) is 1. The van der Waals surface area contributed by atoms with E-state index in [9.17, 15) is 14.7 Å². The third kappa shape index (κ3) is 4.72. The van der Waals surface area contributed by atoms with E-state index >= 15 is 0 Å². The SMILES string of the molecule is CCCCC(CC)C(=O)Nc1ccc2ccn(-c3c(OC)cc(C(=O)O)cc3OC)c2c1. The average molecular weight is 439 g/mol. The summed E-state index contributed by atoms with van der Waals surface area (Å²) < 4.78 is 12.9. The third-order valence-electron chi connectivity index (χ3n) is 5.70. The lowest BCUT2D eigenvalue weighted by Gasteiger charge is -2.17. The monoisotopic (exact) mass is 438 g/mol.